The fourth-order valence-electron chi connectivity index (χ4n) is 2.04. The van der Waals surface area contributed by atoms with Crippen LogP contribution >= 0.6 is 11.8 Å². The lowest BCUT2D eigenvalue weighted by molar-refractivity contribution is 0.553. The standard InChI is InChI=1S/C12H17NS/c1-4-13-12-9(3)14-11-6-5-8(2)7-10(11)12/h5-7,9,12-13H,4H2,1-3H3. The van der Waals surface area contributed by atoms with Gasteiger partial charge >= 0.3 is 0 Å². The topological polar surface area (TPSA) is 12.0 Å². The minimum absolute atomic E-state index is 0.542. The first kappa shape index (κ1) is 10.1. The Morgan fingerprint density at radius 2 is 2.21 bits per heavy atom. The number of rotatable bonds is 2. The minimum atomic E-state index is 0.542. The summed E-state index contributed by atoms with van der Waals surface area (Å²) in [5.41, 5.74) is 2.85. The molecule has 0 spiro atoms. The summed E-state index contributed by atoms with van der Waals surface area (Å²) >= 11 is 1.99. The van der Waals surface area contributed by atoms with Gasteiger partial charge in [0.15, 0.2) is 0 Å². The van der Waals surface area contributed by atoms with Crippen LogP contribution < -0.4 is 5.32 Å². The smallest absolute Gasteiger partial charge is 0.0452 e. The average molecular weight is 207 g/mol. The molecule has 0 aliphatic carbocycles. The van der Waals surface area contributed by atoms with Crippen molar-refractivity contribution in [1.82, 2.24) is 5.32 Å². The van der Waals surface area contributed by atoms with Gasteiger partial charge in [0.25, 0.3) is 0 Å². The molecular weight excluding hydrogens is 190 g/mol. The Balaban J connectivity index is 2.34. The molecular formula is C12H17NS. The van der Waals surface area contributed by atoms with E-state index < -0.39 is 0 Å². The maximum Gasteiger partial charge on any atom is 0.0452 e. The molecule has 0 bridgehead atoms. The first-order chi connectivity index (χ1) is 6.72. The van der Waals surface area contributed by atoms with E-state index in [9.17, 15) is 0 Å². The van der Waals surface area contributed by atoms with Gasteiger partial charge in [0.2, 0.25) is 0 Å². The summed E-state index contributed by atoms with van der Waals surface area (Å²) in [6.45, 7) is 7.68. The summed E-state index contributed by atoms with van der Waals surface area (Å²) in [6, 6.07) is 7.31. The lowest BCUT2D eigenvalue weighted by Crippen LogP contribution is -2.25. The largest absolute Gasteiger partial charge is 0.309 e. The van der Waals surface area contributed by atoms with Crippen molar-refractivity contribution in [3.05, 3.63) is 29.3 Å². The van der Waals surface area contributed by atoms with Crippen LogP contribution in [0.3, 0.4) is 0 Å². The molecule has 2 atom stereocenters. The monoisotopic (exact) mass is 207 g/mol. The lowest BCUT2D eigenvalue weighted by Gasteiger charge is -2.16. The summed E-state index contributed by atoms with van der Waals surface area (Å²) < 4.78 is 0. The number of fused-ring (bicyclic) bond motifs is 1. The van der Waals surface area contributed by atoms with Gasteiger partial charge in [-0.25, -0.2) is 0 Å². The highest BCUT2D eigenvalue weighted by molar-refractivity contribution is 8.00. The van der Waals surface area contributed by atoms with Crippen molar-refractivity contribution in [3.63, 3.8) is 0 Å². The zero-order valence-corrected chi connectivity index (χ0v) is 9.82. The van der Waals surface area contributed by atoms with Gasteiger partial charge in [-0.2, -0.15) is 0 Å². The molecule has 2 unspecified atom stereocenters. The summed E-state index contributed by atoms with van der Waals surface area (Å²) in [4.78, 5) is 1.45. The molecule has 1 aromatic rings. The minimum Gasteiger partial charge on any atom is -0.309 e. The zero-order valence-electron chi connectivity index (χ0n) is 9.00. The number of hydrogen-bond acceptors (Lipinski definition) is 2. The van der Waals surface area contributed by atoms with E-state index in [2.05, 4.69) is 44.3 Å². The Morgan fingerprint density at radius 1 is 1.43 bits per heavy atom. The van der Waals surface area contributed by atoms with Gasteiger partial charge in [-0.3, -0.25) is 0 Å². The van der Waals surface area contributed by atoms with Crippen LogP contribution in [0.25, 0.3) is 0 Å². The van der Waals surface area contributed by atoms with Gasteiger partial charge in [-0.1, -0.05) is 31.5 Å². The van der Waals surface area contributed by atoms with E-state index in [1.807, 2.05) is 11.8 Å². The molecule has 1 aliphatic heterocycles. The molecule has 0 radical (unpaired) electrons. The molecule has 1 nitrogen and oxygen atoms in total. The van der Waals surface area contributed by atoms with Crippen LogP contribution in [0.4, 0.5) is 0 Å². The van der Waals surface area contributed by atoms with Gasteiger partial charge in [0.05, 0.1) is 0 Å². The molecule has 1 aromatic carbocycles. The Kier molecular flexibility index (Phi) is 2.84. The summed E-state index contributed by atoms with van der Waals surface area (Å²) in [5, 5.41) is 4.22. The van der Waals surface area contributed by atoms with Crippen molar-refractivity contribution in [2.45, 2.75) is 37.0 Å². The molecule has 0 saturated heterocycles. The summed E-state index contributed by atoms with van der Waals surface area (Å²) in [6.07, 6.45) is 0. The van der Waals surface area contributed by atoms with E-state index in [0.717, 1.165) is 6.54 Å². The molecule has 2 rings (SSSR count). The van der Waals surface area contributed by atoms with Crippen LogP contribution in [0.2, 0.25) is 0 Å². The van der Waals surface area contributed by atoms with Gasteiger partial charge < -0.3 is 5.32 Å². The Labute approximate surface area is 90.3 Å². The van der Waals surface area contributed by atoms with Crippen molar-refractivity contribution in [1.29, 1.82) is 0 Å². The highest BCUT2D eigenvalue weighted by Gasteiger charge is 2.29. The van der Waals surface area contributed by atoms with Crippen LogP contribution in [0.15, 0.2) is 23.1 Å². The fraction of sp³-hybridized carbons (Fsp3) is 0.500. The second kappa shape index (κ2) is 3.95. The Morgan fingerprint density at radius 3 is 2.93 bits per heavy atom. The Bertz CT molecular complexity index is 335. The van der Waals surface area contributed by atoms with Crippen LogP contribution in [0.1, 0.15) is 31.0 Å². The number of hydrogen-bond donors (Lipinski definition) is 1. The van der Waals surface area contributed by atoms with E-state index in [0.29, 0.717) is 11.3 Å². The summed E-state index contributed by atoms with van der Waals surface area (Å²) in [5.74, 6) is 0. The van der Waals surface area contributed by atoms with Crippen LogP contribution in [0.5, 0.6) is 0 Å². The summed E-state index contributed by atoms with van der Waals surface area (Å²) in [7, 11) is 0. The number of benzene rings is 1. The quantitative estimate of drug-likeness (QED) is 0.799. The zero-order chi connectivity index (χ0) is 10.1. The lowest BCUT2D eigenvalue weighted by atomic mass is 10.0. The van der Waals surface area contributed by atoms with Crippen LogP contribution in [-0.4, -0.2) is 11.8 Å². The fourth-order valence-corrected chi connectivity index (χ4v) is 3.28. The highest BCUT2D eigenvalue weighted by Crippen LogP contribution is 2.43. The van der Waals surface area contributed by atoms with Crippen LogP contribution in [0, 0.1) is 6.92 Å². The normalized spacial score (nSPS) is 25.1. The second-order valence-electron chi connectivity index (χ2n) is 3.90. The van der Waals surface area contributed by atoms with E-state index in [4.69, 9.17) is 0 Å². The van der Waals surface area contributed by atoms with E-state index >= 15 is 0 Å². The molecule has 14 heavy (non-hydrogen) atoms. The van der Waals surface area contributed by atoms with Crippen molar-refractivity contribution in [2.75, 3.05) is 6.54 Å². The third-order valence-electron chi connectivity index (χ3n) is 2.71. The molecule has 2 heteroatoms. The first-order valence-electron chi connectivity index (χ1n) is 5.23. The molecule has 1 N–H and O–H groups in total. The second-order valence-corrected chi connectivity index (χ2v) is 5.32. The average Bonchev–Trinajstić information content (AvgIpc) is 2.45. The van der Waals surface area contributed by atoms with Crippen LogP contribution in [-0.2, 0) is 0 Å². The first-order valence-corrected chi connectivity index (χ1v) is 6.11. The van der Waals surface area contributed by atoms with Gasteiger partial charge in [-0.05, 0) is 25.1 Å². The van der Waals surface area contributed by atoms with Gasteiger partial charge in [-0.15, -0.1) is 11.8 Å². The highest BCUT2D eigenvalue weighted by atomic mass is 32.2. The number of thioether (sulfide) groups is 1. The number of nitrogens with one attached hydrogen (secondary N) is 1. The van der Waals surface area contributed by atoms with Gasteiger partial charge in [0.1, 0.15) is 0 Å². The number of aryl methyl sites for hydroxylation is 1. The predicted molar refractivity (Wildman–Crippen MR) is 62.9 cm³/mol. The third kappa shape index (κ3) is 1.69. The third-order valence-corrected chi connectivity index (χ3v) is 3.98. The maximum absolute atomic E-state index is 3.56. The molecule has 0 fully saturated rings. The SMILES string of the molecule is CCNC1c2cc(C)ccc2SC1C. The molecule has 1 aliphatic rings. The predicted octanol–water partition coefficient (Wildman–Crippen LogP) is 3.14. The van der Waals surface area contributed by atoms with Crippen molar-refractivity contribution in [3.8, 4) is 0 Å². The maximum atomic E-state index is 3.56. The molecule has 0 saturated carbocycles. The molecule has 1 heterocycles. The Hall–Kier alpha value is -0.470. The van der Waals surface area contributed by atoms with E-state index in [1.165, 1.54) is 16.0 Å². The van der Waals surface area contributed by atoms with Crippen molar-refractivity contribution < 1.29 is 0 Å². The van der Waals surface area contributed by atoms with E-state index in [-0.39, 0.29) is 0 Å². The van der Waals surface area contributed by atoms with E-state index in [1.54, 1.807) is 0 Å². The molecule has 0 amide bonds. The molecule has 76 valence electrons. The van der Waals surface area contributed by atoms with Gasteiger partial charge in [0, 0.05) is 16.2 Å². The molecule has 0 aromatic heterocycles. The van der Waals surface area contributed by atoms with Crippen molar-refractivity contribution >= 4 is 11.8 Å². The van der Waals surface area contributed by atoms with Crippen molar-refractivity contribution in [2.24, 2.45) is 0 Å².